The Morgan fingerprint density at radius 3 is 2.78 bits per heavy atom. The Hall–Kier alpha value is -3.64. The molecule has 2 aromatic rings. The molecule has 1 aliphatic heterocycles. The van der Waals surface area contributed by atoms with Crippen LogP contribution in [0.15, 0.2) is 36.5 Å². The number of carbonyl (C=O) groups excluding carboxylic acids is 2. The van der Waals surface area contributed by atoms with Gasteiger partial charge < -0.3 is 25.0 Å². The van der Waals surface area contributed by atoms with Gasteiger partial charge in [-0.05, 0) is 31.2 Å². The number of hydrogen-bond donors (Lipinski definition) is 2. The molecule has 3 atom stereocenters. The highest BCUT2D eigenvalue weighted by Crippen LogP contribution is 2.27. The molecule has 0 saturated carbocycles. The van der Waals surface area contributed by atoms with E-state index in [1.165, 1.54) is 23.1 Å². The van der Waals surface area contributed by atoms with Crippen LogP contribution in [-0.4, -0.2) is 70.7 Å². The summed E-state index contributed by atoms with van der Waals surface area (Å²) in [4.78, 5) is 33.6. The third-order valence-corrected chi connectivity index (χ3v) is 5.90. The number of nitrogens with zero attached hydrogens (tertiary/aromatic N) is 3. The SMILES string of the molecule is CC(C)C#Cc1cnc2c(c1)C(=O)N([C@@H](C)CO)C[C@@H](C)[C@@H](CN(C)C(=O)Nc1cccc(F)c1)O2. The summed E-state index contributed by atoms with van der Waals surface area (Å²) >= 11 is 0. The minimum absolute atomic E-state index is 0.153. The zero-order chi connectivity index (χ0) is 26.4. The lowest BCUT2D eigenvalue weighted by molar-refractivity contribution is 0.0356. The van der Waals surface area contributed by atoms with E-state index in [4.69, 9.17) is 4.74 Å². The number of nitrogens with one attached hydrogen (secondary N) is 1. The van der Waals surface area contributed by atoms with Crippen molar-refractivity contribution in [3.05, 3.63) is 53.5 Å². The number of halogens is 1. The molecule has 2 heterocycles. The van der Waals surface area contributed by atoms with E-state index in [-0.39, 0.29) is 42.3 Å². The molecule has 0 unspecified atom stereocenters. The van der Waals surface area contributed by atoms with Gasteiger partial charge in [-0.3, -0.25) is 4.79 Å². The minimum atomic E-state index is -0.506. The van der Waals surface area contributed by atoms with Gasteiger partial charge in [0, 0.05) is 42.9 Å². The number of amides is 3. The molecule has 2 N–H and O–H groups in total. The molecular weight excluding hydrogens is 463 g/mol. The van der Waals surface area contributed by atoms with Crippen molar-refractivity contribution in [2.75, 3.05) is 32.1 Å². The summed E-state index contributed by atoms with van der Waals surface area (Å²) in [6.07, 6.45) is 1.05. The van der Waals surface area contributed by atoms with Gasteiger partial charge in [0.15, 0.2) is 0 Å². The maximum absolute atomic E-state index is 13.5. The molecule has 0 bridgehead atoms. The summed E-state index contributed by atoms with van der Waals surface area (Å²) < 4.78 is 19.7. The monoisotopic (exact) mass is 496 g/mol. The number of rotatable bonds is 5. The van der Waals surface area contributed by atoms with Gasteiger partial charge in [0.05, 0.1) is 19.2 Å². The number of likely N-dealkylation sites (N-methyl/N-ethyl adjacent to an activating group) is 1. The Morgan fingerprint density at radius 1 is 1.36 bits per heavy atom. The van der Waals surface area contributed by atoms with E-state index < -0.39 is 24.0 Å². The maximum Gasteiger partial charge on any atom is 0.321 e. The van der Waals surface area contributed by atoms with Crippen LogP contribution in [0.25, 0.3) is 0 Å². The van der Waals surface area contributed by atoms with E-state index in [2.05, 4.69) is 22.1 Å². The lowest BCUT2D eigenvalue weighted by Gasteiger charge is -2.37. The van der Waals surface area contributed by atoms with Gasteiger partial charge in [0.1, 0.15) is 17.5 Å². The summed E-state index contributed by atoms with van der Waals surface area (Å²) in [7, 11) is 1.61. The second kappa shape index (κ2) is 11.9. The fraction of sp³-hybridized carbons (Fsp3) is 0.444. The van der Waals surface area contributed by atoms with Crippen molar-refractivity contribution in [3.63, 3.8) is 0 Å². The van der Waals surface area contributed by atoms with Crippen molar-refractivity contribution < 1.29 is 23.8 Å². The number of anilines is 1. The van der Waals surface area contributed by atoms with Crippen molar-refractivity contribution in [2.24, 2.45) is 11.8 Å². The van der Waals surface area contributed by atoms with Gasteiger partial charge in [-0.25, -0.2) is 14.2 Å². The number of benzene rings is 1. The lowest BCUT2D eigenvalue weighted by atomic mass is 10.00. The predicted octanol–water partition coefficient (Wildman–Crippen LogP) is 3.61. The fourth-order valence-electron chi connectivity index (χ4n) is 3.75. The number of carbonyl (C=O) groups is 2. The highest BCUT2D eigenvalue weighted by Gasteiger charge is 2.34. The van der Waals surface area contributed by atoms with Crippen molar-refractivity contribution in [2.45, 2.75) is 39.8 Å². The molecule has 1 aromatic carbocycles. The van der Waals surface area contributed by atoms with Gasteiger partial charge in [0.2, 0.25) is 5.88 Å². The number of urea groups is 1. The first-order valence-electron chi connectivity index (χ1n) is 12.0. The average Bonchev–Trinajstić information content (AvgIpc) is 2.84. The topological polar surface area (TPSA) is 95.0 Å². The van der Waals surface area contributed by atoms with Crippen LogP contribution in [0.5, 0.6) is 5.88 Å². The molecule has 192 valence electrons. The summed E-state index contributed by atoms with van der Waals surface area (Å²) in [6.45, 7) is 7.94. The molecule has 3 rings (SSSR count). The minimum Gasteiger partial charge on any atom is -0.472 e. The van der Waals surface area contributed by atoms with Gasteiger partial charge >= 0.3 is 6.03 Å². The Kier molecular flexibility index (Phi) is 8.88. The van der Waals surface area contributed by atoms with Crippen LogP contribution in [0.1, 0.15) is 43.6 Å². The number of pyridine rings is 1. The Labute approximate surface area is 211 Å². The molecule has 0 radical (unpaired) electrons. The number of ether oxygens (including phenoxy) is 1. The molecule has 1 aliphatic rings. The zero-order valence-corrected chi connectivity index (χ0v) is 21.3. The first-order valence-corrected chi connectivity index (χ1v) is 12.0. The highest BCUT2D eigenvalue weighted by molar-refractivity contribution is 5.97. The van der Waals surface area contributed by atoms with E-state index >= 15 is 0 Å². The first-order chi connectivity index (χ1) is 17.1. The Morgan fingerprint density at radius 2 is 2.11 bits per heavy atom. The van der Waals surface area contributed by atoms with Crippen molar-refractivity contribution in [1.82, 2.24) is 14.8 Å². The van der Waals surface area contributed by atoms with Crippen LogP contribution < -0.4 is 10.1 Å². The fourth-order valence-corrected chi connectivity index (χ4v) is 3.75. The second-order valence-corrected chi connectivity index (χ2v) is 9.44. The van der Waals surface area contributed by atoms with Gasteiger partial charge in [-0.2, -0.15) is 0 Å². The number of aromatic nitrogens is 1. The summed E-state index contributed by atoms with van der Waals surface area (Å²) in [5.74, 6) is 5.46. The maximum atomic E-state index is 13.5. The van der Waals surface area contributed by atoms with E-state index in [9.17, 15) is 19.1 Å². The number of aliphatic hydroxyl groups is 1. The predicted molar refractivity (Wildman–Crippen MR) is 135 cm³/mol. The van der Waals surface area contributed by atoms with Crippen LogP contribution in [0.4, 0.5) is 14.9 Å². The summed E-state index contributed by atoms with van der Waals surface area (Å²) in [5, 5.41) is 12.5. The number of fused-ring (bicyclic) bond motifs is 1. The second-order valence-electron chi connectivity index (χ2n) is 9.44. The first kappa shape index (κ1) is 27.0. The van der Waals surface area contributed by atoms with Gasteiger partial charge in [-0.1, -0.05) is 38.7 Å². The molecule has 3 amide bonds. The van der Waals surface area contributed by atoms with E-state index in [1.807, 2.05) is 20.8 Å². The number of aliphatic hydroxyl groups excluding tert-OH is 1. The molecule has 36 heavy (non-hydrogen) atoms. The van der Waals surface area contributed by atoms with Gasteiger partial charge in [0.25, 0.3) is 5.91 Å². The zero-order valence-electron chi connectivity index (χ0n) is 21.3. The quantitative estimate of drug-likeness (QED) is 0.617. The Bertz CT molecular complexity index is 1160. The summed E-state index contributed by atoms with van der Waals surface area (Å²) in [6, 6.07) is 6.46. The molecule has 0 saturated heterocycles. The standard InChI is InChI=1S/C27H33FN4O4/c1-17(2)9-10-20-11-23-25(29-13-20)36-24(18(3)14-32(26(23)34)19(4)16-33)15-31(5)27(35)30-22-8-6-7-21(28)12-22/h6-8,11-13,17-19,24,33H,14-16H2,1-5H3,(H,30,35)/t18-,19+,24-/m1/s1. The third kappa shape index (κ3) is 6.73. The Balaban J connectivity index is 1.88. The van der Waals surface area contributed by atoms with Crippen LogP contribution in [0.3, 0.4) is 0 Å². The van der Waals surface area contributed by atoms with Crippen LogP contribution in [0, 0.1) is 29.5 Å². The van der Waals surface area contributed by atoms with E-state index in [0.717, 1.165) is 0 Å². The molecule has 9 heteroatoms. The van der Waals surface area contributed by atoms with Crippen LogP contribution in [-0.2, 0) is 0 Å². The lowest BCUT2D eigenvalue weighted by Crippen LogP contribution is -2.50. The van der Waals surface area contributed by atoms with Crippen LogP contribution in [0.2, 0.25) is 0 Å². The number of hydrogen-bond acceptors (Lipinski definition) is 5. The van der Waals surface area contributed by atoms with E-state index in [1.54, 1.807) is 37.2 Å². The molecule has 8 nitrogen and oxygen atoms in total. The highest BCUT2D eigenvalue weighted by atomic mass is 19.1. The van der Waals surface area contributed by atoms with Gasteiger partial charge in [-0.15, -0.1) is 0 Å². The average molecular weight is 497 g/mol. The van der Waals surface area contributed by atoms with Crippen molar-refractivity contribution >= 4 is 17.6 Å². The molecular formula is C27H33FN4O4. The normalized spacial score (nSPS) is 18.2. The molecule has 1 aromatic heterocycles. The van der Waals surface area contributed by atoms with Crippen molar-refractivity contribution in [1.29, 1.82) is 0 Å². The molecule has 0 fully saturated rings. The third-order valence-electron chi connectivity index (χ3n) is 5.90. The van der Waals surface area contributed by atoms with Crippen molar-refractivity contribution in [3.8, 4) is 17.7 Å². The molecule has 0 aliphatic carbocycles. The summed E-state index contributed by atoms with van der Waals surface area (Å²) in [5.41, 5.74) is 1.19. The van der Waals surface area contributed by atoms with E-state index in [0.29, 0.717) is 17.8 Å². The molecule has 0 spiro atoms. The smallest absolute Gasteiger partial charge is 0.321 e. The van der Waals surface area contributed by atoms with Crippen LogP contribution >= 0.6 is 0 Å². The largest absolute Gasteiger partial charge is 0.472 e.